The second kappa shape index (κ2) is 32.3. The van der Waals surface area contributed by atoms with E-state index in [0.717, 1.165) is 124 Å². The molecule has 18 nitrogen and oxygen atoms in total. The van der Waals surface area contributed by atoms with E-state index in [9.17, 15) is 19.2 Å². The first-order chi connectivity index (χ1) is 42.0. The van der Waals surface area contributed by atoms with Gasteiger partial charge < -0.3 is 63.9 Å². The number of carbonyl (C=O) groups excluding carboxylic acids is 3. The van der Waals surface area contributed by atoms with Crippen LogP contribution in [0.3, 0.4) is 0 Å². The summed E-state index contributed by atoms with van der Waals surface area (Å²) in [7, 11) is 1.74. The zero-order chi connectivity index (χ0) is 60.2. The third-order valence-electron chi connectivity index (χ3n) is 16.7. The number of likely N-dealkylation sites (N-methyl/N-ethyl adjacent to an activating group) is 1. The van der Waals surface area contributed by atoms with Crippen molar-refractivity contribution < 1.29 is 47.5 Å². The van der Waals surface area contributed by atoms with Crippen molar-refractivity contribution in [3.05, 3.63) is 128 Å². The number of nitrogens with zero attached hydrogens (tertiary/aromatic N) is 3. The van der Waals surface area contributed by atoms with E-state index >= 15 is 0 Å². The largest absolute Gasteiger partial charge is 0.491 e. The van der Waals surface area contributed by atoms with Gasteiger partial charge in [-0.3, -0.25) is 19.2 Å². The number of rotatable bonds is 31. The van der Waals surface area contributed by atoms with Crippen LogP contribution in [0.4, 0.5) is 5.69 Å². The van der Waals surface area contributed by atoms with E-state index in [1.807, 2.05) is 80.3 Å². The lowest BCUT2D eigenvalue weighted by atomic mass is 9.83. The SMILES string of the molecule is CCN(c1cc(-c2ccc(OCCOCCOCCOCCOCCOc3ccc(-c4csc([C@@H]5CCCN5C(=O)C(NC(=O)CNC)C5CCCCC5)n4)c4ccccc34)cc2)cc(C(=O)NCc2c(C)cc(C)[nH]c2=O)c1C)C1CCOCC1. The Labute approximate surface area is 510 Å². The molecule has 3 aliphatic rings. The van der Waals surface area contributed by atoms with Crippen molar-refractivity contribution in [1.29, 1.82) is 0 Å². The number of aromatic amines is 1. The Morgan fingerprint density at radius 2 is 1.44 bits per heavy atom. The average Bonchev–Trinajstić information content (AvgIpc) is 1.85. The van der Waals surface area contributed by atoms with Gasteiger partial charge in [-0.15, -0.1) is 11.3 Å². The number of ether oxygens (including phenoxy) is 7. The zero-order valence-corrected chi connectivity index (χ0v) is 51.6. The van der Waals surface area contributed by atoms with Crippen molar-refractivity contribution in [2.75, 3.05) is 111 Å². The molecule has 3 amide bonds. The number of carbonyl (C=O) groups is 3. The van der Waals surface area contributed by atoms with E-state index < -0.39 is 6.04 Å². The number of benzene rings is 4. The number of fused-ring (bicyclic) bond motifs is 1. The van der Waals surface area contributed by atoms with Crippen LogP contribution in [0.5, 0.6) is 11.5 Å². The van der Waals surface area contributed by atoms with E-state index in [-0.39, 0.29) is 48.3 Å². The molecule has 2 aromatic heterocycles. The predicted molar refractivity (Wildman–Crippen MR) is 337 cm³/mol. The van der Waals surface area contributed by atoms with Crippen molar-refractivity contribution in [2.24, 2.45) is 5.92 Å². The number of likely N-dealkylation sites (tertiary alicyclic amines) is 1. The first-order valence-corrected chi connectivity index (χ1v) is 31.7. The Hall–Kier alpha value is -6.71. The number of amides is 3. The highest BCUT2D eigenvalue weighted by Gasteiger charge is 2.40. The maximum Gasteiger partial charge on any atom is 0.253 e. The van der Waals surface area contributed by atoms with Crippen molar-refractivity contribution >= 4 is 45.5 Å². The van der Waals surface area contributed by atoms with Crippen molar-refractivity contribution in [3.8, 4) is 33.9 Å². The molecule has 0 radical (unpaired) electrons. The molecule has 1 saturated carbocycles. The summed E-state index contributed by atoms with van der Waals surface area (Å²) in [4.78, 5) is 66.1. The number of H-pyrrole nitrogens is 1. The summed E-state index contributed by atoms with van der Waals surface area (Å²) >= 11 is 1.59. The van der Waals surface area contributed by atoms with Gasteiger partial charge in [-0.2, -0.15) is 0 Å². The lowest BCUT2D eigenvalue weighted by molar-refractivity contribution is -0.139. The van der Waals surface area contributed by atoms with Crippen LogP contribution < -0.4 is 35.9 Å². The number of hydrogen-bond acceptors (Lipinski definition) is 15. The minimum Gasteiger partial charge on any atom is -0.491 e. The van der Waals surface area contributed by atoms with Gasteiger partial charge in [0.1, 0.15) is 35.8 Å². The average molecular weight is 1200 g/mol. The number of hydrogen-bond donors (Lipinski definition) is 4. The van der Waals surface area contributed by atoms with Crippen LogP contribution >= 0.6 is 11.3 Å². The Morgan fingerprint density at radius 3 is 2.12 bits per heavy atom. The fraction of sp³-hybridized carbons (Fsp3) is 0.507. The molecule has 86 heavy (non-hydrogen) atoms. The molecular weight excluding hydrogens is 1110 g/mol. The molecule has 462 valence electrons. The van der Waals surface area contributed by atoms with Crippen LogP contribution in [-0.4, -0.2) is 151 Å². The van der Waals surface area contributed by atoms with E-state index in [1.165, 1.54) is 6.42 Å². The predicted octanol–water partition coefficient (Wildman–Crippen LogP) is 9.65. The minimum absolute atomic E-state index is 0.0153. The number of pyridine rings is 1. The quantitative estimate of drug-likeness (QED) is 0.0300. The topological polar surface area (TPSA) is 204 Å². The number of nitrogens with one attached hydrogen (secondary N) is 4. The summed E-state index contributed by atoms with van der Waals surface area (Å²) in [6, 6.07) is 25.8. The molecule has 9 rings (SSSR count). The van der Waals surface area contributed by atoms with Crippen LogP contribution in [0.15, 0.2) is 89.0 Å². The molecule has 1 unspecified atom stereocenters. The minimum atomic E-state index is -0.517. The summed E-state index contributed by atoms with van der Waals surface area (Å²) in [5.41, 5.74) is 8.18. The standard InChI is InChI=1S/C67H87N7O11S/c1-6-73(51-24-27-79-28-25-51)60-41-50(40-56(47(60)4)64(76)69-42-57-45(2)39-46(3)70-65(57)77)48-18-20-52(21-19-48)84-37-35-82-33-31-80-29-30-81-32-34-83-36-38-85-61-23-22-54(53-15-10-11-16-55(53)61)58-44-86-66(71-58)59-17-12-26-74(59)67(78)63(72-62(75)43-68-5)49-13-8-7-9-14-49/h10-11,15-16,18-23,39-41,44,49,51,59,63,68H,6-9,12-14,17,24-38,42-43H2,1-5H3,(H,69,76)(H,70,77)(H,72,75)/t59-,63?/m0/s1. The van der Waals surface area contributed by atoms with Crippen LogP contribution in [0.1, 0.15) is 109 Å². The van der Waals surface area contributed by atoms with E-state index in [1.54, 1.807) is 18.4 Å². The maximum atomic E-state index is 14.3. The summed E-state index contributed by atoms with van der Waals surface area (Å²) < 4.78 is 41.0. The van der Waals surface area contributed by atoms with Gasteiger partial charge in [0.15, 0.2) is 0 Å². The molecule has 2 atom stereocenters. The highest BCUT2D eigenvalue weighted by molar-refractivity contribution is 7.10. The van der Waals surface area contributed by atoms with Crippen molar-refractivity contribution in [2.45, 2.75) is 110 Å². The molecule has 4 heterocycles. The van der Waals surface area contributed by atoms with Crippen LogP contribution in [-0.2, 0) is 39.8 Å². The van der Waals surface area contributed by atoms with Gasteiger partial charge in [-0.25, -0.2) is 4.98 Å². The van der Waals surface area contributed by atoms with Gasteiger partial charge in [-0.05, 0) is 149 Å². The van der Waals surface area contributed by atoms with Gasteiger partial charge in [0.05, 0.1) is 71.1 Å². The molecule has 0 spiro atoms. The molecule has 2 aliphatic heterocycles. The van der Waals surface area contributed by atoms with Crippen molar-refractivity contribution in [1.82, 2.24) is 30.8 Å². The fourth-order valence-corrected chi connectivity index (χ4v) is 13.2. The molecule has 3 fully saturated rings. The first kappa shape index (κ1) is 63.8. The van der Waals surface area contributed by atoms with Crippen LogP contribution in [0.25, 0.3) is 33.2 Å². The van der Waals surface area contributed by atoms with E-state index in [0.29, 0.717) is 109 Å². The Balaban J connectivity index is 0.656. The highest BCUT2D eigenvalue weighted by Crippen LogP contribution is 2.41. The monoisotopic (exact) mass is 1200 g/mol. The van der Waals surface area contributed by atoms with Crippen LogP contribution in [0, 0.1) is 26.7 Å². The molecule has 1 aliphatic carbocycles. The lowest BCUT2D eigenvalue weighted by Gasteiger charge is -2.37. The zero-order valence-electron chi connectivity index (χ0n) is 50.8. The van der Waals surface area contributed by atoms with Gasteiger partial charge in [0.2, 0.25) is 11.8 Å². The number of aromatic nitrogens is 2. The number of anilines is 1. The molecular formula is C67H87N7O11S. The molecule has 19 heteroatoms. The molecule has 4 N–H and O–H groups in total. The summed E-state index contributed by atoms with van der Waals surface area (Å²) in [6.07, 6.45) is 8.82. The summed E-state index contributed by atoms with van der Waals surface area (Å²) in [5.74, 6) is 1.27. The summed E-state index contributed by atoms with van der Waals surface area (Å²) in [5, 5.41) is 14.1. The van der Waals surface area contributed by atoms with E-state index in [2.05, 4.69) is 62.4 Å². The van der Waals surface area contributed by atoms with Crippen molar-refractivity contribution in [3.63, 3.8) is 0 Å². The maximum absolute atomic E-state index is 14.3. The first-order valence-electron chi connectivity index (χ1n) is 30.9. The Morgan fingerprint density at radius 1 is 0.767 bits per heavy atom. The molecule has 0 bridgehead atoms. The normalized spacial score (nSPS) is 16.1. The van der Waals surface area contributed by atoms with Gasteiger partial charge in [0.25, 0.3) is 11.5 Å². The second-order valence-corrected chi connectivity index (χ2v) is 23.4. The Kier molecular flexibility index (Phi) is 24.0. The second-order valence-electron chi connectivity index (χ2n) is 22.5. The van der Waals surface area contributed by atoms with E-state index in [4.69, 9.17) is 38.1 Å². The summed E-state index contributed by atoms with van der Waals surface area (Å²) in [6.45, 7) is 15.2. The third-order valence-corrected chi connectivity index (χ3v) is 17.6. The van der Waals surface area contributed by atoms with Crippen LogP contribution in [0.2, 0.25) is 0 Å². The van der Waals surface area contributed by atoms with Gasteiger partial charge in [-0.1, -0.05) is 55.7 Å². The van der Waals surface area contributed by atoms with Gasteiger partial charge in [0, 0.05) is 77.7 Å². The molecule has 6 aromatic rings. The molecule has 4 aromatic carbocycles. The lowest BCUT2D eigenvalue weighted by Crippen LogP contribution is -2.53. The number of thiazole rings is 1. The Bertz CT molecular complexity index is 3230. The number of aryl methyl sites for hydroxylation is 2. The third kappa shape index (κ3) is 16.9. The van der Waals surface area contributed by atoms with Gasteiger partial charge >= 0.3 is 0 Å². The highest BCUT2D eigenvalue weighted by atomic mass is 32.1. The fourth-order valence-electron chi connectivity index (χ4n) is 12.2. The molecule has 2 saturated heterocycles. The smallest absolute Gasteiger partial charge is 0.253 e.